The number of nitrogens with one attached hydrogen (secondary N) is 1. The zero-order valence-corrected chi connectivity index (χ0v) is 12.6. The molecule has 3 heteroatoms. The Labute approximate surface area is 122 Å². The SMILES string of the molecule is CCCNC1CC2CCC(C1)N2c1ccccc1OC. The average molecular weight is 274 g/mol. The van der Waals surface area contributed by atoms with Gasteiger partial charge < -0.3 is 15.0 Å². The Morgan fingerprint density at radius 3 is 2.55 bits per heavy atom. The van der Waals surface area contributed by atoms with Gasteiger partial charge in [0.1, 0.15) is 5.75 Å². The summed E-state index contributed by atoms with van der Waals surface area (Å²) in [6, 6.07) is 10.5. The van der Waals surface area contributed by atoms with Crippen LogP contribution in [0.2, 0.25) is 0 Å². The van der Waals surface area contributed by atoms with Crippen LogP contribution in [0.4, 0.5) is 5.69 Å². The van der Waals surface area contributed by atoms with Gasteiger partial charge in [-0.2, -0.15) is 0 Å². The van der Waals surface area contributed by atoms with Gasteiger partial charge in [-0.3, -0.25) is 0 Å². The maximum atomic E-state index is 5.56. The second kappa shape index (κ2) is 6.04. The smallest absolute Gasteiger partial charge is 0.142 e. The highest BCUT2D eigenvalue weighted by Gasteiger charge is 2.41. The van der Waals surface area contributed by atoms with Gasteiger partial charge in [-0.15, -0.1) is 0 Å². The number of hydrogen-bond acceptors (Lipinski definition) is 3. The van der Waals surface area contributed by atoms with E-state index in [9.17, 15) is 0 Å². The van der Waals surface area contributed by atoms with Crippen LogP contribution in [-0.4, -0.2) is 31.8 Å². The molecule has 20 heavy (non-hydrogen) atoms. The summed E-state index contributed by atoms with van der Waals surface area (Å²) < 4.78 is 5.56. The third-order valence-electron chi connectivity index (χ3n) is 4.78. The fourth-order valence-corrected chi connectivity index (χ4v) is 3.93. The molecule has 3 rings (SSSR count). The van der Waals surface area contributed by atoms with E-state index >= 15 is 0 Å². The molecule has 0 spiro atoms. The molecular formula is C17H26N2O. The van der Waals surface area contributed by atoms with Crippen LogP contribution in [0.5, 0.6) is 5.75 Å². The van der Waals surface area contributed by atoms with Crippen LogP contribution in [0.3, 0.4) is 0 Å². The van der Waals surface area contributed by atoms with Gasteiger partial charge in [0.15, 0.2) is 0 Å². The van der Waals surface area contributed by atoms with E-state index in [-0.39, 0.29) is 0 Å². The maximum absolute atomic E-state index is 5.56. The Hall–Kier alpha value is -1.22. The van der Waals surface area contributed by atoms with Crippen molar-refractivity contribution in [3.63, 3.8) is 0 Å². The molecule has 3 nitrogen and oxygen atoms in total. The molecule has 110 valence electrons. The van der Waals surface area contributed by atoms with E-state index in [0.717, 1.165) is 12.3 Å². The van der Waals surface area contributed by atoms with E-state index in [4.69, 9.17) is 4.74 Å². The molecule has 1 aromatic carbocycles. The third kappa shape index (κ3) is 2.51. The summed E-state index contributed by atoms with van der Waals surface area (Å²) in [4.78, 5) is 2.63. The summed E-state index contributed by atoms with van der Waals surface area (Å²) in [5, 5.41) is 3.71. The van der Waals surface area contributed by atoms with Crippen molar-refractivity contribution in [1.29, 1.82) is 0 Å². The topological polar surface area (TPSA) is 24.5 Å². The Morgan fingerprint density at radius 1 is 1.20 bits per heavy atom. The van der Waals surface area contributed by atoms with E-state index in [1.165, 1.54) is 37.8 Å². The molecule has 2 aliphatic rings. The Balaban J connectivity index is 1.77. The Morgan fingerprint density at radius 2 is 1.90 bits per heavy atom. The molecule has 2 bridgehead atoms. The summed E-state index contributed by atoms with van der Waals surface area (Å²) in [5.74, 6) is 1.02. The maximum Gasteiger partial charge on any atom is 0.142 e. The lowest BCUT2D eigenvalue weighted by molar-refractivity contribution is 0.351. The first-order chi connectivity index (χ1) is 9.83. The lowest BCUT2D eigenvalue weighted by Crippen LogP contribution is -2.49. The van der Waals surface area contributed by atoms with Gasteiger partial charge in [0.05, 0.1) is 12.8 Å². The van der Waals surface area contributed by atoms with Gasteiger partial charge in [-0.25, -0.2) is 0 Å². The monoisotopic (exact) mass is 274 g/mol. The number of hydrogen-bond donors (Lipinski definition) is 1. The highest BCUT2D eigenvalue weighted by Crippen LogP contribution is 2.42. The summed E-state index contributed by atoms with van der Waals surface area (Å²) in [6.45, 7) is 3.39. The molecule has 2 aliphatic heterocycles. The summed E-state index contributed by atoms with van der Waals surface area (Å²) in [5.41, 5.74) is 1.29. The van der Waals surface area contributed by atoms with Crippen molar-refractivity contribution in [2.24, 2.45) is 0 Å². The van der Waals surface area contributed by atoms with E-state index in [1.54, 1.807) is 7.11 Å². The molecule has 1 N–H and O–H groups in total. The zero-order valence-electron chi connectivity index (χ0n) is 12.6. The minimum absolute atomic E-state index is 0.680. The molecule has 2 fully saturated rings. The van der Waals surface area contributed by atoms with Crippen molar-refractivity contribution in [2.75, 3.05) is 18.6 Å². The number of benzene rings is 1. The van der Waals surface area contributed by atoms with Crippen LogP contribution < -0.4 is 15.0 Å². The van der Waals surface area contributed by atoms with Crippen molar-refractivity contribution in [3.05, 3.63) is 24.3 Å². The zero-order chi connectivity index (χ0) is 13.9. The fourth-order valence-electron chi connectivity index (χ4n) is 3.93. The number of fused-ring (bicyclic) bond motifs is 2. The molecule has 2 unspecified atom stereocenters. The molecular weight excluding hydrogens is 248 g/mol. The summed E-state index contributed by atoms with van der Waals surface area (Å²) in [6.07, 6.45) is 6.42. The normalized spacial score (nSPS) is 28.7. The number of nitrogens with zero attached hydrogens (tertiary/aromatic N) is 1. The van der Waals surface area contributed by atoms with Crippen molar-refractivity contribution in [2.45, 2.75) is 57.2 Å². The molecule has 0 aliphatic carbocycles. The van der Waals surface area contributed by atoms with Gasteiger partial charge in [0.2, 0.25) is 0 Å². The van der Waals surface area contributed by atoms with E-state index in [1.807, 2.05) is 0 Å². The molecule has 0 amide bonds. The highest BCUT2D eigenvalue weighted by molar-refractivity contribution is 5.61. The number of piperidine rings is 1. The average Bonchev–Trinajstić information content (AvgIpc) is 2.75. The number of ether oxygens (including phenoxy) is 1. The van der Waals surface area contributed by atoms with Gasteiger partial charge >= 0.3 is 0 Å². The quantitative estimate of drug-likeness (QED) is 0.892. The van der Waals surface area contributed by atoms with Crippen molar-refractivity contribution in [3.8, 4) is 5.75 Å². The molecule has 0 radical (unpaired) electrons. The fraction of sp³-hybridized carbons (Fsp3) is 0.647. The van der Waals surface area contributed by atoms with Crippen LogP contribution in [0.25, 0.3) is 0 Å². The predicted octanol–water partition coefficient (Wildman–Crippen LogP) is 3.19. The van der Waals surface area contributed by atoms with Crippen molar-refractivity contribution < 1.29 is 4.74 Å². The highest BCUT2D eigenvalue weighted by atomic mass is 16.5. The van der Waals surface area contributed by atoms with E-state index in [0.29, 0.717) is 18.1 Å². The molecule has 2 saturated heterocycles. The second-order valence-electron chi connectivity index (χ2n) is 6.09. The summed E-state index contributed by atoms with van der Waals surface area (Å²) in [7, 11) is 1.77. The van der Waals surface area contributed by atoms with Crippen molar-refractivity contribution in [1.82, 2.24) is 5.32 Å². The first kappa shape index (κ1) is 13.7. The van der Waals surface area contributed by atoms with Crippen LogP contribution >= 0.6 is 0 Å². The van der Waals surface area contributed by atoms with E-state index in [2.05, 4.69) is 41.4 Å². The summed E-state index contributed by atoms with van der Waals surface area (Å²) >= 11 is 0. The molecule has 2 heterocycles. The Bertz CT molecular complexity index is 434. The lowest BCUT2D eigenvalue weighted by atomic mass is 9.96. The second-order valence-corrected chi connectivity index (χ2v) is 6.09. The number of para-hydroxylation sites is 2. The van der Waals surface area contributed by atoms with Crippen LogP contribution in [0.1, 0.15) is 39.0 Å². The minimum atomic E-state index is 0.680. The molecule has 2 atom stereocenters. The van der Waals surface area contributed by atoms with Crippen molar-refractivity contribution >= 4 is 5.69 Å². The van der Waals surface area contributed by atoms with Gasteiger partial charge in [-0.05, 0) is 50.8 Å². The third-order valence-corrected chi connectivity index (χ3v) is 4.78. The predicted molar refractivity (Wildman–Crippen MR) is 83.6 cm³/mol. The van der Waals surface area contributed by atoms with Crippen LogP contribution in [0.15, 0.2) is 24.3 Å². The number of rotatable bonds is 5. The van der Waals surface area contributed by atoms with Crippen LogP contribution in [-0.2, 0) is 0 Å². The molecule has 0 saturated carbocycles. The molecule has 0 aromatic heterocycles. The number of anilines is 1. The standard InChI is InChI=1S/C17H26N2O/c1-3-10-18-13-11-14-8-9-15(12-13)19(14)16-6-4-5-7-17(16)20-2/h4-7,13-15,18H,3,8-12H2,1-2H3. The van der Waals surface area contributed by atoms with Crippen LogP contribution in [0, 0.1) is 0 Å². The molecule has 1 aromatic rings. The Kier molecular flexibility index (Phi) is 4.16. The first-order valence-corrected chi connectivity index (χ1v) is 7.98. The van der Waals surface area contributed by atoms with E-state index < -0.39 is 0 Å². The van der Waals surface area contributed by atoms with Gasteiger partial charge in [0, 0.05) is 18.1 Å². The number of methoxy groups -OCH3 is 1. The van der Waals surface area contributed by atoms with Gasteiger partial charge in [0.25, 0.3) is 0 Å². The van der Waals surface area contributed by atoms with Gasteiger partial charge in [-0.1, -0.05) is 19.1 Å². The minimum Gasteiger partial charge on any atom is -0.495 e. The first-order valence-electron chi connectivity index (χ1n) is 7.98. The largest absolute Gasteiger partial charge is 0.495 e. The lowest BCUT2D eigenvalue weighted by Gasteiger charge is -2.41.